The fourth-order valence-electron chi connectivity index (χ4n) is 9.10. The second kappa shape index (κ2) is 13.9. The van der Waals surface area contributed by atoms with E-state index in [1.807, 2.05) is 30.3 Å². The van der Waals surface area contributed by atoms with Crippen molar-refractivity contribution >= 4 is 6.03 Å². The monoisotopic (exact) mass is 635 g/mol. The summed E-state index contributed by atoms with van der Waals surface area (Å²) < 4.78 is 13.0. The molecule has 3 aromatic rings. The zero-order valence-corrected chi connectivity index (χ0v) is 27.6. The first-order valence-electron chi connectivity index (χ1n) is 17.4. The minimum Gasteiger partial charge on any atom is -0.392 e. The molecular formula is C40H49N3O4. The maximum absolute atomic E-state index is 13.0. The Labute approximate surface area is 279 Å². The molecule has 2 amide bonds. The van der Waals surface area contributed by atoms with Crippen LogP contribution in [0, 0.1) is 17.8 Å². The van der Waals surface area contributed by atoms with Gasteiger partial charge in [-0.15, -0.1) is 6.58 Å². The summed E-state index contributed by atoms with van der Waals surface area (Å²) in [6, 6.07) is 24.8. The lowest BCUT2D eigenvalue weighted by Gasteiger charge is -2.56. The second-order valence-electron chi connectivity index (χ2n) is 14.7. The second-order valence-corrected chi connectivity index (χ2v) is 14.7. The molecule has 248 valence electrons. The standard InChI is InChI=1S/C40H49N3O4/c1-3-15-43(2)25-36-20-37(33-9-7-27(26-44)8-10-33)47-38(46-36)34-13-11-32(12-14-34)35-6-4-5-28(19-35)24-41-39(45)42-40-21-29-16-30(22-40)18-31(17-29)23-40/h3-14,19,29-31,36-38,44H,1,15-18,20-26H2,2H3,(H2,41,42,45). The molecule has 3 N–H and O–H groups in total. The largest absolute Gasteiger partial charge is 0.392 e. The molecule has 47 heavy (non-hydrogen) atoms. The molecular weight excluding hydrogens is 586 g/mol. The van der Waals surface area contributed by atoms with E-state index in [0.29, 0.717) is 6.54 Å². The van der Waals surface area contributed by atoms with E-state index in [1.165, 1.54) is 19.3 Å². The molecule has 5 fully saturated rings. The Hall–Kier alpha value is -3.49. The molecule has 3 atom stereocenters. The molecule has 1 aliphatic heterocycles. The number of amides is 2. The van der Waals surface area contributed by atoms with E-state index in [9.17, 15) is 9.90 Å². The first kappa shape index (κ1) is 32.1. The van der Waals surface area contributed by atoms with E-state index in [-0.39, 0.29) is 30.4 Å². The van der Waals surface area contributed by atoms with Crippen molar-refractivity contribution in [2.45, 2.75) is 82.1 Å². The highest BCUT2D eigenvalue weighted by Crippen LogP contribution is 2.55. The summed E-state index contributed by atoms with van der Waals surface area (Å²) in [5, 5.41) is 16.1. The van der Waals surface area contributed by atoms with Crippen LogP contribution in [-0.2, 0) is 22.6 Å². The lowest BCUT2D eigenvalue weighted by Crippen LogP contribution is -2.61. The van der Waals surface area contributed by atoms with E-state index in [4.69, 9.17) is 9.47 Å². The Morgan fingerprint density at radius 2 is 1.57 bits per heavy atom. The van der Waals surface area contributed by atoms with Gasteiger partial charge in [-0.25, -0.2) is 4.79 Å². The molecule has 0 aromatic heterocycles. The molecule has 1 heterocycles. The molecule has 7 nitrogen and oxygen atoms in total. The summed E-state index contributed by atoms with van der Waals surface area (Å²) in [6.45, 7) is 5.96. The van der Waals surface area contributed by atoms with Gasteiger partial charge < -0.3 is 30.1 Å². The summed E-state index contributed by atoms with van der Waals surface area (Å²) in [5.41, 5.74) is 6.24. The quantitative estimate of drug-likeness (QED) is 0.193. The number of carbonyl (C=O) groups is 1. The van der Waals surface area contributed by atoms with Gasteiger partial charge in [0.05, 0.1) is 18.8 Å². The van der Waals surface area contributed by atoms with Gasteiger partial charge in [-0.1, -0.05) is 72.8 Å². The molecule has 3 unspecified atom stereocenters. The zero-order valence-electron chi connectivity index (χ0n) is 27.6. The molecule has 4 bridgehead atoms. The number of hydrogen-bond acceptors (Lipinski definition) is 5. The molecule has 8 rings (SSSR count). The number of urea groups is 1. The highest BCUT2D eigenvalue weighted by Gasteiger charge is 2.51. The number of likely N-dealkylation sites (N-methyl/N-ethyl adjacent to an activating group) is 1. The van der Waals surface area contributed by atoms with Crippen molar-refractivity contribution in [3.8, 4) is 11.1 Å². The molecule has 4 saturated carbocycles. The minimum absolute atomic E-state index is 0.00905. The van der Waals surface area contributed by atoms with E-state index in [2.05, 4.69) is 77.7 Å². The van der Waals surface area contributed by atoms with Crippen LogP contribution in [0.15, 0.2) is 85.5 Å². The van der Waals surface area contributed by atoms with Gasteiger partial charge in [0, 0.05) is 37.2 Å². The zero-order chi connectivity index (χ0) is 32.4. The van der Waals surface area contributed by atoms with Crippen LogP contribution in [0.25, 0.3) is 11.1 Å². The van der Waals surface area contributed by atoms with Gasteiger partial charge in [-0.2, -0.15) is 0 Å². The number of rotatable bonds is 11. The number of ether oxygens (including phenoxy) is 2. The van der Waals surface area contributed by atoms with Gasteiger partial charge in [0.15, 0.2) is 6.29 Å². The van der Waals surface area contributed by atoms with E-state index in [1.54, 1.807) is 0 Å². The van der Waals surface area contributed by atoms with Gasteiger partial charge >= 0.3 is 6.03 Å². The Morgan fingerprint density at radius 1 is 0.894 bits per heavy atom. The average molecular weight is 636 g/mol. The lowest BCUT2D eigenvalue weighted by atomic mass is 9.53. The maximum atomic E-state index is 13.0. The average Bonchev–Trinajstić information content (AvgIpc) is 3.07. The molecule has 4 aliphatic carbocycles. The number of nitrogens with one attached hydrogen (secondary N) is 2. The van der Waals surface area contributed by atoms with Gasteiger partial charge in [0.2, 0.25) is 0 Å². The van der Waals surface area contributed by atoms with Crippen molar-refractivity contribution in [1.82, 2.24) is 15.5 Å². The molecule has 1 saturated heterocycles. The van der Waals surface area contributed by atoms with Crippen LogP contribution < -0.4 is 10.6 Å². The number of aliphatic hydroxyl groups excluding tert-OH is 1. The van der Waals surface area contributed by atoms with Crippen molar-refractivity contribution in [1.29, 1.82) is 0 Å². The van der Waals surface area contributed by atoms with E-state index < -0.39 is 6.29 Å². The third kappa shape index (κ3) is 7.49. The van der Waals surface area contributed by atoms with Crippen molar-refractivity contribution in [2.75, 3.05) is 20.1 Å². The van der Waals surface area contributed by atoms with Crippen molar-refractivity contribution < 1.29 is 19.4 Å². The Bertz CT molecular complexity index is 1500. The lowest BCUT2D eigenvalue weighted by molar-refractivity contribution is -0.252. The summed E-state index contributed by atoms with van der Waals surface area (Å²) in [5.74, 6) is 2.41. The van der Waals surface area contributed by atoms with Crippen LogP contribution in [0.4, 0.5) is 4.79 Å². The topological polar surface area (TPSA) is 83.1 Å². The van der Waals surface area contributed by atoms with Crippen molar-refractivity contribution in [3.63, 3.8) is 0 Å². The smallest absolute Gasteiger partial charge is 0.315 e. The fourth-order valence-corrected chi connectivity index (χ4v) is 9.10. The normalized spacial score (nSPS) is 29.5. The summed E-state index contributed by atoms with van der Waals surface area (Å²) in [7, 11) is 2.08. The Morgan fingerprint density at radius 3 is 2.23 bits per heavy atom. The number of benzene rings is 3. The van der Waals surface area contributed by atoms with E-state index >= 15 is 0 Å². The highest BCUT2D eigenvalue weighted by atomic mass is 16.7. The molecule has 3 aromatic carbocycles. The molecule has 0 radical (unpaired) electrons. The predicted octanol–water partition coefficient (Wildman–Crippen LogP) is 7.28. The summed E-state index contributed by atoms with van der Waals surface area (Å²) >= 11 is 0. The third-order valence-corrected chi connectivity index (χ3v) is 10.9. The summed E-state index contributed by atoms with van der Waals surface area (Å²) in [4.78, 5) is 15.2. The van der Waals surface area contributed by atoms with Crippen LogP contribution in [0.5, 0.6) is 0 Å². The number of nitrogens with zero attached hydrogens (tertiary/aromatic N) is 1. The highest BCUT2D eigenvalue weighted by molar-refractivity contribution is 5.75. The van der Waals surface area contributed by atoms with Gasteiger partial charge in [-0.05, 0) is 97.2 Å². The Kier molecular flexibility index (Phi) is 9.51. The first-order valence-corrected chi connectivity index (χ1v) is 17.4. The number of carbonyl (C=O) groups excluding carboxylic acids is 1. The van der Waals surface area contributed by atoms with Crippen LogP contribution >= 0.6 is 0 Å². The Balaban J connectivity index is 0.996. The third-order valence-electron chi connectivity index (χ3n) is 10.9. The first-order chi connectivity index (χ1) is 22.9. The van der Waals surface area contributed by atoms with Gasteiger partial charge in [0.25, 0.3) is 0 Å². The number of hydrogen-bond donors (Lipinski definition) is 3. The minimum atomic E-state index is -0.495. The summed E-state index contributed by atoms with van der Waals surface area (Å²) in [6.07, 6.45) is 9.59. The molecule has 0 spiro atoms. The predicted molar refractivity (Wildman–Crippen MR) is 184 cm³/mol. The van der Waals surface area contributed by atoms with Crippen LogP contribution in [0.1, 0.15) is 79.6 Å². The van der Waals surface area contributed by atoms with Gasteiger partial charge in [-0.3, -0.25) is 0 Å². The molecule has 7 heteroatoms. The maximum Gasteiger partial charge on any atom is 0.315 e. The van der Waals surface area contributed by atoms with Crippen LogP contribution in [0.2, 0.25) is 0 Å². The van der Waals surface area contributed by atoms with Crippen molar-refractivity contribution in [2.24, 2.45) is 17.8 Å². The van der Waals surface area contributed by atoms with Crippen LogP contribution in [-0.4, -0.2) is 47.8 Å². The SMILES string of the molecule is C=CCN(C)CC1CC(c2ccc(CO)cc2)OC(c2ccc(-c3cccc(CNC(=O)NC45CC6CC(CC(C6)C4)C5)c3)cc2)O1. The van der Waals surface area contributed by atoms with Crippen molar-refractivity contribution in [3.05, 3.63) is 108 Å². The number of aliphatic hydroxyl groups is 1. The molecule has 5 aliphatic rings. The van der Waals surface area contributed by atoms with E-state index in [0.717, 1.165) is 89.9 Å². The van der Waals surface area contributed by atoms with Crippen LogP contribution in [0.3, 0.4) is 0 Å². The fraction of sp³-hybridized carbons (Fsp3) is 0.475. The van der Waals surface area contributed by atoms with Gasteiger partial charge in [0.1, 0.15) is 0 Å².